The van der Waals surface area contributed by atoms with E-state index in [0.29, 0.717) is 30.0 Å². The number of fused-ring (bicyclic) bond motifs is 7. The van der Waals surface area contributed by atoms with Gasteiger partial charge in [0.2, 0.25) is 0 Å². The van der Waals surface area contributed by atoms with Crippen molar-refractivity contribution >= 4 is 11.6 Å². The molecule has 136 valence electrons. The van der Waals surface area contributed by atoms with Crippen LogP contribution in [0.2, 0.25) is 0 Å². The van der Waals surface area contributed by atoms with Crippen LogP contribution >= 0.6 is 0 Å². The second-order valence-electron chi connectivity index (χ2n) is 10.2. The highest BCUT2D eigenvalue weighted by Gasteiger charge is 2.85. The Morgan fingerprint density at radius 1 is 1.12 bits per heavy atom. The van der Waals surface area contributed by atoms with Crippen LogP contribution in [-0.2, 0) is 14.3 Å². The summed E-state index contributed by atoms with van der Waals surface area (Å²) >= 11 is 0. The molecule has 1 heterocycles. The van der Waals surface area contributed by atoms with E-state index in [0.717, 1.165) is 25.7 Å². The first-order chi connectivity index (χ1) is 11.7. The summed E-state index contributed by atoms with van der Waals surface area (Å²) in [6.45, 7) is 8.66. The van der Waals surface area contributed by atoms with Crippen LogP contribution in [0.25, 0.3) is 0 Å². The first-order valence-corrected chi connectivity index (χ1v) is 10.1. The van der Waals surface area contributed by atoms with Crippen LogP contribution in [-0.4, -0.2) is 22.8 Å². The van der Waals surface area contributed by atoms with Gasteiger partial charge >= 0.3 is 0 Å². The average molecular weight is 342 g/mol. The fourth-order valence-corrected chi connectivity index (χ4v) is 8.18. The summed E-state index contributed by atoms with van der Waals surface area (Å²) in [5, 5.41) is 0. The third-order valence-electron chi connectivity index (χ3n) is 9.34. The molecule has 5 aliphatic rings. The summed E-state index contributed by atoms with van der Waals surface area (Å²) in [4.78, 5) is 24.5. The third kappa shape index (κ3) is 1.63. The molecule has 0 spiro atoms. The Labute approximate surface area is 150 Å². The predicted molar refractivity (Wildman–Crippen MR) is 95.0 cm³/mol. The molecule has 0 aromatic heterocycles. The summed E-state index contributed by atoms with van der Waals surface area (Å²) in [5.74, 6) is 2.50. The van der Waals surface area contributed by atoms with Crippen molar-refractivity contribution in [1.82, 2.24) is 0 Å². The normalized spacial score (nSPS) is 56.2. The topological polar surface area (TPSA) is 46.7 Å². The van der Waals surface area contributed by atoms with Gasteiger partial charge in [0.1, 0.15) is 5.60 Å². The van der Waals surface area contributed by atoms with Crippen molar-refractivity contribution in [3.63, 3.8) is 0 Å². The van der Waals surface area contributed by atoms with Gasteiger partial charge in [-0.3, -0.25) is 9.59 Å². The highest BCUT2D eigenvalue weighted by molar-refractivity contribution is 5.92. The Hall–Kier alpha value is -0.960. The molecule has 3 saturated carbocycles. The number of hydrogen-bond donors (Lipinski definition) is 0. The van der Waals surface area contributed by atoms with Crippen molar-refractivity contribution in [2.75, 3.05) is 0 Å². The lowest BCUT2D eigenvalue weighted by atomic mass is 9.46. The van der Waals surface area contributed by atoms with Gasteiger partial charge in [-0.2, -0.15) is 0 Å². The van der Waals surface area contributed by atoms with Gasteiger partial charge in [-0.15, -0.1) is 0 Å². The molecule has 4 fully saturated rings. The van der Waals surface area contributed by atoms with Crippen molar-refractivity contribution in [2.24, 2.45) is 28.6 Å². The highest BCUT2D eigenvalue weighted by Crippen LogP contribution is 2.77. The fourth-order valence-electron chi connectivity index (χ4n) is 8.18. The molecule has 4 aliphatic carbocycles. The standard InChI is InChI=1S/C22H30O3/c1-13(23)22-20(3)10-8-17-16(18(20)12-21(22,4)25-22)6-5-14-11-15(24)7-9-19(14,17)2/h11,16-18H,5-10,12H2,1-4H3/t16-,17+,18+,19+,20+,21?,22+/m1/s1. The van der Waals surface area contributed by atoms with Crippen LogP contribution < -0.4 is 0 Å². The number of epoxide rings is 1. The number of rotatable bonds is 1. The lowest BCUT2D eigenvalue weighted by Crippen LogP contribution is -2.54. The van der Waals surface area contributed by atoms with Gasteiger partial charge in [0.05, 0.1) is 0 Å². The molecule has 0 aromatic carbocycles. The summed E-state index contributed by atoms with van der Waals surface area (Å²) in [5.41, 5.74) is 0.870. The van der Waals surface area contributed by atoms with E-state index in [-0.39, 0.29) is 22.2 Å². The fraction of sp³-hybridized carbons (Fsp3) is 0.818. The monoisotopic (exact) mass is 342 g/mol. The first-order valence-electron chi connectivity index (χ1n) is 10.1. The largest absolute Gasteiger partial charge is 0.354 e. The molecule has 25 heavy (non-hydrogen) atoms. The van der Waals surface area contributed by atoms with E-state index in [2.05, 4.69) is 20.8 Å². The maximum atomic E-state index is 12.6. The second-order valence-corrected chi connectivity index (χ2v) is 10.2. The molecule has 0 amide bonds. The molecule has 0 bridgehead atoms. The SMILES string of the molecule is CC(=O)[C@@]12OC1(C)C[C@H]1[C@@H]3CCC4=CC(=O)CC[C@]4(C)[C@H]3CC[C@@]12C. The van der Waals surface area contributed by atoms with Gasteiger partial charge in [0.25, 0.3) is 0 Å². The van der Waals surface area contributed by atoms with E-state index < -0.39 is 5.60 Å². The number of ether oxygens (including phenoxy) is 1. The number of ketones is 2. The lowest BCUT2D eigenvalue weighted by molar-refractivity contribution is -0.137. The van der Waals surface area contributed by atoms with Crippen molar-refractivity contribution in [2.45, 2.75) is 83.8 Å². The predicted octanol–water partition coefficient (Wildman–Crippen LogP) is 4.24. The van der Waals surface area contributed by atoms with E-state index in [9.17, 15) is 9.59 Å². The molecular weight excluding hydrogens is 312 g/mol. The van der Waals surface area contributed by atoms with E-state index in [1.54, 1.807) is 6.92 Å². The van der Waals surface area contributed by atoms with Crippen molar-refractivity contribution in [3.8, 4) is 0 Å². The highest BCUT2D eigenvalue weighted by atomic mass is 16.6. The molecule has 3 heteroatoms. The minimum atomic E-state index is -0.519. The zero-order valence-electron chi connectivity index (χ0n) is 16.0. The maximum absolute atomic E-state index is 12.6. The van der Waals surface area contributed by atoms with E-state index in [4.69, 9.17) is 4.74 Å². The molecule has 1 saturated heterocycles. The number of Topliss-reactive ketones (excluding diaryl/α,β-unsaturated/α-hetero) is 1. The molecule has 0 N–H and O–H groups in total. The van der Waals surface area contributed by atoms with Gasteiger partial charge < -0.3 is 4.74 Å². The van der Waals surface area contributed by atoms with Crippen molar-refractivity contribution in [1.29, 1.82) is 0 Å². The van der Waals surface area contributed by atoms with Gasteiger partial charge in [-0.25, -0.2) is 0 Å². The number of allylic oxidation sites excluding steroid dienone is 1. The van der Waals surface area contributed by atoms with Crippen LogP contribution in [0, 0.1) is 28.6 Å². The zero-order chi connectivity index (χ0) is 17.8. The summed E-state index contributed by atoms with van der Waals surface area (Å²) < 4.78 is 6.18. The zero-order valence-corrected chi connectivity index (χ0v) is 16.0. The molecule has 0 aromatic rings. The van der Waals surface area contributed by atoms with Crippen molar-refractivity contribution in [3.05, 3.63) is 11.6 Å². The number of carbonyl (C=O) groups excluding carboxylic acids is 2. The van der Waals surface area contributed by atoms with Crippen molar-refractivity contribution < 1.29 is 14.3 Å². The lowest BCUT2D eigenvalue weighted by Gasteiger charge is -2.58. The molecule has 1 unspecified atom stereocenters. The smallest absolute Gasteiger partial charge is 0.165 e. The van der Waals surface area contributed by atoms with E-state index >= 15 is 0 Å². The minimum absolute atomic E-state index is 0.00316. The first kappa shape index (κ1) is 16.2. The van der Waals surface area contributed by atoms with Crippen LogP contribution in [0.3, 0.4) is 0 Å². The summed E-state index contributed by atoms with van der Waals surface area (Å²) in [6.07, 6.45) is 9.26. The molecule has 1 aliphatic heterocycles. The van der Waals surface area contributed by atoms with Crippen LogP contribution in [0.1, 0.15) is 72.6 Å². The molecular formula is C22H30O3. The van der Waals surface area contributed by atoms with Crippen LogP contribution in [0.15, 0.2) is 11.6 Å². The summed E-state index contributed by atoms with van der Waals surface area (Å²) in [6, 6.07) is 0. The Balaban J connectivity index is 1.54. The quantitative estimate of drug-likeness (QED) is 0.670. The van der Waals surface area contributed by atoms with Gasteiger partial charge in [-0.05, 0) is 81.6 Å². The Morgan fingerprint density at radius 3 is 2.60 bits per heavy atom. The molecule has 3 nitrogen and oxygen atoms in total. The minimum Gasteiger partial charge on any atom is -0.354 e. The number of carbonyl (C=O) groups is 2. The molecule has 5 rings (SSSR count). The Kier molecular flexibility index (Phi) is 2.90. The van der Waals surface area contributed by atoms with Crippen LogP contribution in [0.4, 0.5) is 0 Å². The molecule has 0 radical (unpaired) electrons. The van der Waals surface area contributed by atoms with Gasteiger partial charge in [0, 0.05) is 11.8 Å². The average Bonchev–Trinajstić information content (AvgIpc) is 3.13. The maximum Gasteiger partial charge on any atom is 0.165 e. The van der Waals surface area contributed by atoms with E-state index in [1.807, 2.05) is 6.08 Å². The van der Waals surface area contributed by atoms with Gasteiger partial charge in [0.15, 0.2) is 17.2 Å². The summed E-state index contributed by atoms with van der Waals surface area (Å²) in [7, 11) is 0. The Bertz CT molecular complexity index is 723. The van der Waals surface area contributed by atoms with Crippen LogP contribution in [0.5, 0.6) is 0 Å². The third-order valence-corrected chi connectivity index (χ3v) is 9.34. The van der Waals surface area contributed by atoms with E-state index in [1.165, 1.54) is 18.4 Å². The Morgan fingerprint density at radius 2 is 1.88 bits per heavy atom. The second kappa shape index (κ2) is 4.47. The van der Waals surface area contributed by atoms with Gasteiger partial charge in [-0.1, -0.05) is 19.4 Å². The molecule has 7 atom stereocenters. The number of hydrogen-bond acceptors (Lipinski definition) is 3.